The fourth-order valence-electron chi connectivity index (χ4n) is 3.77. The number of nitrogens with zero attached hydrogens (tertiary/aromatic N) is 4. The summed E-state index contributed by atoms with van der Waals surface area (Å²) >= 11 is 0. The van der Waals surface area contributed by atoms with E-state index in [2.05, 4.69) is 48.2 Å². The highest BCUT2D eigenvalue weighted by Gasteiger charge is 2.15. The third kappa shape index (κ3) is 5.76. The number of ether oxygens (including phenoxy) is 2. The highest BCUT2D eigenvalue weighted by atomic mass is 16.5. The molecule has 1 aromatic carbocycles. The van der Waals surface area contributed by atoms with E-state index in [4.69, 9.17) is 19.4 Å². The Kier molecular flexibility index (Phi) is 8.05. The number of benzene rings is 1. The molecular formula is C24H34N6O2. The fourth-order valence-corrected chi connectivity index (χ4v) is 3.77. The molecule has 172 valence electrons. The molecule has 0 aliphatic rings. The van der Waals surface area contributed by atoms with Gasteiger partial charge in [0.05, 0.1) is 19.7 Å². The highest BCUT2D eigenvalue weighted by Crippen LogP contribution is 2.34. The number of anilines is 2. The van der Waals surface area contributed by atoms with Crippen LogP contribution in [0.25, 0.3) is 10.9 Å². The molecule has 2 heterocycles. The lowest BCUT2D eigenvalue weighted by molar-refractivity contribution is 0.182. The van der Waals surface area contributed by atoms with Gasteiger partial charge in [0.15, 0.2) is 11.5 Å². The molecule has 0 saturated carbocycles. The summed E-state index contributed by atoms with van der Waals surface area (Å²) < 4.78 is 11.0. The van der Waals surface area contributed by atoms with Gasteiger partial charge in [0.2, 0.25) is 5.95 Å². The molecule has 3 rings (SSSR count). The highest BCUT2D eigenvalue weighted by molar-refractivity contribution is 5.92. The number of fused-ring (bicyclic) bond motifs is 1. The predicted octanol–water partition coefficient (Wildman–Crippen LogP) is 4.18. The average molecular weight is 439 g/mol. The van der Waals surface area contributed by atoms with Crippen LogP contribution in [0.4, 0.5) is 11.8 Å². The summed E-state index contributed by atoms with van der Waals surface area (Å²) in [6.07, 6.45) is 3.59. The van der Waals surface area contributed by atoms with Crippen molar-refractivity contribution in [3.05, 3.63) is 42.2 Å². The van der Waals surface area contributed by atoms with Gasteiger partial charge in [0.25, 0.3) is 0 Å². The Morgan fingerprint density at radius 2 is 1.69 bits per heavy atom. The van der Waals surface area contributed by atoms with Crippen molar-refractivity contribution < 1.29 is 9.47 Å². The van der Waals surface area contributed by atoms with E-state index < -0.39 is 0 Å². The summed E-state index contributed by atoms with van der Waals surface area (Å²) in [6.45, 7) is 11.1. The Labute approximate surface area is 190 Å². The second-order valence-electron chi connectivity index (χ2n) is 8.19. The first-order chi connectivity index (χ1) is 15.4. The first kappa shape index (κ1) is 23.5. The molecule has 0 saturated heterocycles. The molecule has 2 N–H and O–H groups in total. The maximum atomic E-state index is 5.50. The van der Waals surface area contributed by atoms with Crippen molar-refractivity contribution in [2.24, 2.45) is 0 Å². The number of methoxy groups -OCH3 is 2. The summed E-state index contributed by atoms with van der Waals surface area (Å²) in [5.41, 5.74) is 1.83. The molecule has 0 aliphatic carbocycles. The van der Waals surface area contributed by atoms with Gasteiger partial charge in [-0.15, -0.1) is 0 Å². The van der Waals surface area contributed by atoms with Crippen molar-refractivity contribution in [3.8, 4) is 11.5 Å². The smallest absolute Gasteiger partial charge is 0.225 e. The Hall–Kier alpha value is -3.13. The lowest BCUT2D eigenvalue weighted by Crippen LogP contribution is -2.40. The quantitative estimate of drug-likeness (QED) is 0.461. The van der Waals surface area contributed by atoms with Gasteiger partial charge < -0.3 is 20.1 Å². The van der Waals surface area contributed by atoms with Crippen molar-refractivity contribution in [1.82, 2.24) is 19.9 Å². The van der Waals surface area contributed by atoms with E-state index in [-0.39, 0.29) is 0 Å². The number of rotatable bonds is 11. The molecule has 0 atom stereocenters. The zero-order valence-electron chi connectivity index (χ0n) is 19.8. The van der Waals surface area contributed by atoms with Crippen molar-refractivity contribution in [2.45, 2.75) is 46.3 Å². The minimum absolute atomic E-state index is 0.472. The van der Waals surface area contributed by atoms with E-state index >= 15 is 0 Å². The molecule has 8 nitrogen and oxygen atoms in total. The van der Waals surface area contributed by atoms with Gasteiger partial charge in [-0.3, -0.25) is 9.88 Å². The van der Waals surface area contributed by atoms with Crippen molar-refractivity contribution in [3.63, 3.8) is 0 Å². The van der Waals surface area contributed by atoms with Crippen LogP contribution in [0.1, 0.15) is 33.3 Å². The van der Waals surface area contributed by atoms with E-state index in [1.807, 2.05) is 30.5 Å². The average Bonchev–Trinajstić information content (AvgIpc) is 2.79. The maximum Gasteiger partial charge on any atom is 0.225 e. The number of pyridine rings is 1. The van der Waals surface area contributed by atoms with E-state index in [1.54, 1.807) is 20.4 Å². The molecular weight excluding hydrogens is 404 g/mol. The third-order valence-corrected chi connectivity index (χ3v) is 5.36. The minimum atomic E-state index is 0.472. The minimum Gasteiger partial charge on any atom is -0.493 e. The van der Waals surface area contributed by atoms with E-state index in [0.29, 0.717) is 36.1 Å². The molecule has 0 radical (unpaired) electrons. The molecule has 0 fully saturated rings. The van der Waals surface area contributed by atoms with Crippen LogP contribution in [-0.4, -0.2) is 59.2 Å². The summed E-state index contributed by atoms with van der Waals surface area (Å²) in [5, 5.41) is 7.71. The van der Waals surface area contributed by atoms with Crippen LogP contribution in [0.3, 0.4) is 0 Å². The Morgan fingerprint density at radius 3 is 2.31 bits per heavy atom. The van der Waals surface area contributed by atoms with Crippen LogP contribution in [0, 0.1) is 0 Å². The van der Waals surface area contributed by atoms with E-state index in [9.17, 15) is 0 Å². The topological polar surface area (TPSA) is 84.4 Å². The lowest BCUT2D eigenvalue weighted by Gasteiger charge is -2.30. The van der Waals surface area contributed by atoms with Gasteiger partial charge in [-0.2, -0.15) is 4.98 Å². The predicted molar refractivity (Wildman–Crippen MR) is 130 cm³/mol. The lowest BCUT2D eigenvalue weighted by atomic mass is 10.2. The van der Waals surface area contributed by atoms with Crippen LogP contribution in [0.5, 0.6) is 11.5 Å². The number of aromatic nitrogens is 3. The fraction of sp³-hybridized carbons (Fsp3) is 0.458. The van der Waals surface area contributed by atoms with Crippen LogP contribution < -0.4 is 20.1 Å². The monoisotopic (exact) mass is 438 g/mol. The zero-order valence-corrected chi connectivity index (χ0v) is 19.8. The standard InChI is InChI=1S/C24H34N6O2/c1-16(2)30(17(3)4)11-10-26-23-19-12-21(31-5)22(32-6)13-20(19)28-24(29-23)27-15-18-8-7-9-25-14-18/h7-9,12-14,16-17H,10-11,15H2,1-6H3,(H2,26,27,28,29). The molecule has 0 spiro atoms. The van der Waals surface area contributed by atoms with Gasteiger partial charge in [0.1, 0.15) is 5.82 Å². The first-order valence-corrected chi connectivity index (χ1v) is 11.0. The Morgan fingerprint density at radius 1 is 0.969 bits per heavy atom. The van der Waals surface area contributed by atoms with Gasteiger partial charge in [-0.05, 0) is 45.4 Å². The molecule has 8 heteroatoms. The van der Waals surface area contributed by atoms with E-state index in [1.165, 1.54) is 0 Å². The Bertz CT molecular complexity index is 1000. The zero-order chi connectivity index (χ0) is 23.1. The van der Waals surface area contributed by atoms with Crippen LogP contribution in [0.2, 0.25) is 0 Å². The maximum absolute atomic E-state index is 5.50. The summed E-state index contributed by atoms with van der Waals surface area (Å²) in [6, 6.07) is 8.67. The molecule has 2 aromatic heterocycles. The van der Waals surface area contributed by atoms with Gasteiger partial charge in [-0.1, -0.05) is 6.07 Å². The third-order valence-electron chi connectivity index (χ3n) is 5.36. The largest absolute Gasteiger partial charge is 0.493 e. The van der Waals surface area contributed by atoms with Crippen molar-refractivity contribution in [1.29, 1.82) is 0 Å². The molecule has 0 bridgehead atoms. The molecule has 0 aliphatic heterocycles. The molecule has 3 aromatic rings. The summed E-state index contributed by atoms with van der Waals surface area (Å²) in [4.78, 5) is 16.1. The van der Waals surface area contributed by atoms with Gasteiger partial charge >= 0.3 is 0 Å². The number of hydrogen-bond donors (Lipinski definition) is 2. The van der Waals surface area contributed by atoms with Gasteiger partial charge in [-0.25, -0.2) is 4.98 Å². The molecule has 0 amide bonds. The molecule has 32 heavy (non-hydrogen) atoms. The second-order valence-corrected chi connectivity index (χ2v) is 8.19. The summed E-state index contributed by atoms with van der Waals surface area (Å²) in [5.74, 6) is 2.58. The van der Waals surface area contributed by atoms with E-state index in [0.717, 1.165) is 35.4 Å². The van der Waals surface area contributed by atoms with Crippen molar-refractivity contribution in [2.75, 3.05) is 37.9 Å². The van der Waals surface area contributed by atoms with Crippen LogP contribution >= 0.6 is 0 Å². The van der Waals surface area contributed by atoms with Crippen LogP contribution in [-0.2, 0) is 6.54 Å². The number of hydrogen-bond acceptors (Lipinski definition) is 8. The molecule has 0 unspecified atom stereocenters. The van der Waals surface area contributed by atoms with Crippen molar-refractivity contribution >= 4 is 22.7 Å². The SMILES string of the molecule is COc1cc2nc(NCc3cccnc3)nc(NCCN(C(C)C)C(C)C)c2cc1OC. The summed E-state index contributed by atoms with van der Waals surface area (Å²) in [7, 11) is 3.25. The number of nitrogens with one attached hydrogen (secondary N) is 2. The van der Waals surface area contributed by atoms with Gasteiger partial charge in [0, 0.05) is 55.6 Å². The second kappa shape index (κ2) is 10.9. The normalized spacial score (nSPS) is 11.4. The Balaban J connectivity index is 1.89. The van der Waals surface area contributed by atoms with Crippen LogP contribution in [0.15, 0.2) is 36.7 Å². The first-order valence-electron chi connectivity index (χ1n) is 11.0.